The van der Waals surface area contributed by atoms with Crippen LogP contribution in [-0.4, -0.2) is 29.8 Å². The number of benzene rings is 1. The molecule has 0 saturated carbocycles. The molecule has 0 amide bonds. The molecule has 1 fully saturated rings. The third-order valence-corrected chi connectivity index (χ3v) is 3.68. The molecule has 0 atom stereocenters. The maximum atomic E-state index is 13.5. The lowest BCUT2D eigenvalue weighted by atomic mass is 9.92. The molecule has 0 bridgehead atoms. The van der Waals surface area contributed by atoms with Gasteiger partial charge in [-0.2, -0.15) is 0 Å². The standard InChI is InChI=1S/C14H20FN3O2/c1-14(2-4-20-5-3-14)17-9-10-6-11(13(16)18-19)8-12(15)7-10/h6-8,17,19H,2-5,9H2,1H3,(H2,16,18). The first-order chi connectivity index (χ1) is 9.52. The second-order valence-corrected chi connectivity index (χ2v) is 5.36. The number of rotatable bonds is 4. The molecule has 6 heteroatoms. The summed E-state index contributed by atoms with van der Waals surface area (Å²) in [5.74, 6) is -0.494. The summed E-state index contributed by atoms with van der Waals surface area (Å²) in [4.78, 5) is 0. The fourth-order valence-electron chi connectivity index (χ4n) is 2.27. The van der Waals surface area contributed by atoms with Gasteiger partial charge in [-0.15, -0.1) is 0 Å². The van der Waals surface area contributed by atoms with Gasteiger partial charge in [0.05, 0.1) is 0 Å². The monoisotopic (exact) mass is 281 g/mol. The molecular formula is C14H20FN3O2. The van der Waals surface area contributed by atoms with Gasteiger partial charge in [0.15, 0.2) is 5.84 Å². The predicted octanol–water partition coefficient (Wildman–Crippen LogP) is 1.58. The van der Waals surface area contributed by atoms with E-state index in [1.54, 1.807) is 6.07 Å². The van der Waals surface area contributed by atoms with Crippen LogP contribution < -0.4 is 11.1 Å². The molecule has 0 spiro atoms. The van der Waals surface area contributed by atoms with Crippen molar-refractivity contribution in [1.29, 1.82) is 0 Å². The van der Waals surface area contributed by atoms with Gasteiger partial charge in [0.1, 0.15) is 5.82 Å². The Hall–Kier alpha value is -1.66. The van der Waals surface area contributed by atoms with Crippen LogP contribution in [0.25, 0.3) is 0 Å². The fourth-order valence-corrected chi connectivity index (χ4v) is 2.27. The number of ether oxygens (including phenoxy) is 1. The molecule has 1 heterocycles. The summed E-state index contributed by atoms with van der Waals surface area (Å²) in [6, 6.07) is 4.41. The van der Waals surface area contributed by atoms with Gasteiger partial charge < -0.3 is 21.0 Å². The first-order valence-electron chi connectivity index (χ1n) is 6.62. The molecule has 1 saturated heterocycles. The van der Waals surface area contributed by atoms with Crippen molar-refractivity contribution in [2.24, 2.45) is 10.9 Å². The van der Waals surface area contributed by atoms with Gasteiger partial charge in [-0.25, -0.2) is 4.39 Å². The number of nitrogens with one attached hydrogen (secondary N) is 1. The Bertz CT molecular complexity index is 499. The summed E-state index contributed by atoms with van der Waals surface area (Å²) in [7, 11) is 0. The Kier molecular flexibility index (Phi) is 4.57. The Morgan fingerprint density at radius 1 is 1.45 bits per heavy atom. The molecular weight excluding hydrogens is 261 g/mol. The fraction of sp³-hybridized carbons (Fsp3) is 0.500. The maximum absolute atomic E-state index is 13.5. The summed E-state index contributed by atoms with van der Waals surface area (Å²) in [6.45, 7) is 4.14. The highest BCUT2D eigenvalue weighted by Gasteiger charge is 2.26. The third kappa shape index (κ3) is 3.68. The van der Waals surface area contributed by atoms with Crippen molar-refractivity contribution >= 4 is 5.84 Å². The summed E-state index contributed by atoms with van der Waals surface area (Å²) in [5, 5.41) is 15.0. The number of hydrogen-bond acceptors (Lipinski definition) is 4. The summed E-state index contributed by atoms with van der Waals surface area (Å²) >= 11 is 0. The van der Waals surface area contributed by atoms with Gasteiger partial charge >= 0.3 is 0 Å². The van der Waals surface area contributed by atoms with E-state index in [4.69, 9.17) is 15.7 Å². The molecule has 1 aromatic carbocycles. The van der Waals surface area contributed by atoms with Crippen molar-refractivity contribution in [3.05, 3.63) is 35.1 Å². The summed E-state index contributed by atoms with van der Waals surface area (Å²) in [6.07, 6.45) is 1.85. The van der Waals surface area contributed by atoms with Crippen molar-refractivity contribution in [2.45, 2.75) is 31.8 Å². The van der Waals surface area contributed by atoms with E-state index in [0.717, 1.165) is 31.6 Å². The van der Waals surface area contributed by atoms with Crippen LogP contribution in [0.4, 0.5) is 4.39 Å². The third-order valence-electron chi connectivity index (χ3n) is 3.68. The first-order valence-corrected chi connectivity index (χ1v) is 6.62. The number of nitrogens with two attached hydrogens (primary N) is 1. The van der Waals surface area contributed by atoms with Crippen LogP contribution >= 0.6 is 0 Å². The quantitative estimate of drug-likeness (QED) is 0.339. The van der Waals surface area contributed by atoms with Crippen molar-refractivity contribution in [1.82, 2.24) is 5.32 Å². The van der Waals surface area contributed by atoms with E-state index in [9.17, 15) is 4.39 Å². The van der Waals surface area contributed by atoms with Crippen molar-refractivity contribution in [3.8, 4) is 0 Å². The largest absolute Gasteiger partial charge is 0.409 e. The molecule has 1 aliphatic rings. The lowest BCUT2D eigenvalue weighted by Gasteiger charge is -2.34. The van der Waals surface area contributed by atoms with E-state index in [1.807, 2.05) is 0 Å². The minimum absolute atomic E-state index is 0.00133. The zero-order valence-corrected chi connectivity index (χ0v) is 11.5. The van der Waals surface area contributed by atoms with Gasteiger partial charge in [-0.05, 0) is 43.5 Å². The highest BCUT2D eigenvalue weighted by molar-refractivity contribution is 5.97. The number of halogens is 1. The Labute approximate surface area is 117 Å². The highest BCUT2D eigenvalue weighted by Crippen LogP contribution is 2.20. The Morgan fingerprint density at radius 3 is 2.80 bits per heavy atom. The molecule has 0 unspecified atom stereocenters. The normalized spacial score (nSPS) is 19.0. The topological polar surface area (TPSA) is 79.9 Å². The van der Waals surface area contributed by atoms with Crippen LogP contribution in [0, 0.1) is 5.82 Å². The molecule has 0 aliphatic carbocycles. The van der Waals surface area contributed by atoms with Gasteiger partial charge in [-0.3, -0.25) is 0 Å². The molecule has 2 rings (SSSR count). The second kappa shape index (κ2) is 6.19. The van der Waals surface area contributed by atoms with E-state index in [0.29, 0.717) is 12.1 Å². The first kappa shape index (κ1) is 14.7. The summed E-state index contributed by atoms with van der Waals surface area (Å²) in [5.41, 5.74) is 6.63. The predicted molar refractivity (Wildman–Crippen MR) is 74.2 cm³/mol. The summed E-state index contributed by atoms with van der Waals surface area (Å²) < 4.78 is 18.9. The maximum Gasteiger partial charge on any atom is 0.170 e. The van der Waals surface area contributed by atoms with E-state index < -0.39 is 5.82 Å². The average Bonchev–Trinajstić information content (AvgIpc) is 2.45. The van der Waals surface area contributed by atoms with Gasteiger partial charge in [0, 0.05) is 30.9 Å². The average molecular weight is 281 g/mol. The molecule has 110 valence electrons. The molecule has 20 heavy (non-hydrogen) atoms. The molecule has 0 radical (unpaired) electrons. The SMILES string of the molecule is CC1(NCc2cc(F)cc(/C(N)=N/O)c2)CCOCC1. The van der Waals surface area contributed by atoms with Crippen LogP contribution in [0.3, 0.4) is 0 Å². The number of hydrogen-bond donors (Lipinski definition) is 3. The zero-order valence-electron chi connectivity index (χ0n) is 11.5. The molecule has 5 nitrogen and oxygen atoms in total. The Morgan fingerprint density at radius 2 is 2.15 bits per heavy atom. The Balaban J connectivity index is 2.07. The van der Waals surface area contributed by atoms with Crippen molar-refractivity contribution in [2.75, 3.05) is 13.2 Å². The zero-order chi connectivity index (χ0) is 14.6. The van der Waals surface area contributed by atoms with Gasteiger partial charge in [0.25, 0.3) is 0 Å². The smallest absolute Gasteiger partial charge is 0.170 e. The van der Waals surface area contributed by atoms with Gasteiger partial charge in [-0.1, -0.05) is 5.16 Å². The van der Waals surface area contributed by atoms with Crippen LogP contribution in [0.15, 0.2) is 23.4 Å². The molecule has 4 N–H and O–H groups in total. The number of nitrogens with zero attached hydrogens (tertiary/aromatic N) is 1. The minimum Gasteiger partial charge on any atom is -0.409 e. The van der Waals surface area contributed by atoms with Crippen LogP contribution in [0.2, 0.25) is 0 Å². The van der Waals surface area contributed by atoms with E-state index in [2.05, 4.69) is 17.4 Å². The lowest BCUT2D eigenvalue weighted by Crippen LogP contribution is -2.46. The molecule has 0 aromatic heterocycles. The van der Waals surface area contributed by atoms with Crippen molar-refractivity contribution in [3.63, 3.8) is 0 Å². The van der Waals surface area contributed by atoms with Crippen LogP contribution in [0.5, 0.6) is 0 Å². The molecule has 1 aliphatic heterocycles. The highest BCUT2D eigenvalue weighted by atomic mass is 19.1. The number of oxime groups is 1. The lowest BCUT2D eigenvalue weighted by molar-refractivity contribution is 0.0446. The van der Waals surface area contributed by atoms with Crippen molar-refractivity contribution < 1.29 is 14.3 Å². The van der Waals surface area contributed by atoms with Crippen LogP contribution in [-0.2, 0) is 11.3 Å². The van der Waals surface area contributed by atoms with Gasteiger partial charge in [0.2, 0.25) is 0 Å². The number of amidine groups is 1. The second-order valence-electron chi connectivity index (χ2n) is 5.36. The van der Waals surface area contributed by atoms with E-state index in [1.165, 1.54) is 12.1 Å². The van der Waals surface area contributed by atoms with Crippen LogP contribution in [0.1, 0.15) is 30.9 Å². The van der Waals surface area contributed by atoms with E-state index >= 15 is 0 Å². The molecule has 1 aromatic rings. The van der Waals surface area contributed by atoms with E-state index in [-0.39, 0.29) is 11.4 Å². The minimum atomic E-state index is -0.400.